The Kier molecular flexibility index (Phi) is 1.57. The van der Waals surface area contributed by atoms with Gasteiger partial charge in [0.25, 0.3) is 0 Å². The zero-order chi connectivity index (χ0) is 8.93. The van der Waals surface area contributed by atoms with Crippen LogP contribution in [0.1, 0.15) is 26.2 Å². The number of carbonyl (C=O) groups excluding carboxylic acids is 1. The molecule has 2 N–H and O–H groups in total. The molecule has 3 nitrogen and oxygen atoms in total. The summed E-state index contributed by atoms with van der Waals surface area (Å²) in [6.07, 6.45) is 0.545. The molecule has 0 aliphatic heterocycles. The molecule has 2 bridgehead atoms. The van der Waals surface area contributed by atoms with E-state index in [9.17, 15) is 15.0 Å². The van der Waals surface area contributed by atoms with Crippen LogP contribution in [0.2, 0.25) is 0 Å². The lowest BCUT2D eigenvalue weighted by atomic mass is 9.58. The number of rotatable bonds is 0. The van der Waals surface area contributed by atoms with Crippen molar-refractivity contribution in [2.45, 2.75) is 38.4 Å². The third kappa shape index (κ3) is 0.808. The third-order valence-corrected chi connectivity index (χ3v) is 3.58. The third-order valence-electron chi connectivity index (χ3n) is 3.58. The quantitative estimate of drug-likeness (QED) is 0.542. The molecule has 0 aromatic heterocycles. The van der Waals surface area contributed by atoms with Crippen molar-refractivity contribution in [2.24, 2.45) is 11.3 Å². The Balaban J connectivity index is 2.34. The molecular weight excluding hydrogens is 156 g/mol. The van der Waals surface area contributed by atoms with E-state index in [1.54, 1.807) is 6.92 Å². The Morgan fingerprint density at radius 2 is 2.17 bits per heavy atom. The second kappa shape index (κ2) is 2.30. The van der Waals surface area contributed by atoms with Gasteiger partial charge in [0.15, 0.2) is 0 Å². The molecule has 68 valence electrons. The predicted molar refractivity (Wildman–Crippen MR) is 42.5 cm³/mol. The SMILES string of the molecule is CC12CCC(CC1=O)C(O)C2O. The Bertz CT molecular complexity index is 226. The summed E-state index contributed by atoms with van der Waals surface area (Å²) in [5, 5.41) is 19.2. The number of Topliss-reactive ketones (excluding diaryl/α,β-unsaturated/α-hetero) is 1. The van der Waals surface area contributed by atoms with Crippen molar-refractivity contribution in [3.8, 4) is 0 Å². The van der Waals surface area contributed by atoms with Crippen LogP contribution in [-0.2, 0) is 4.79 Å². The fourth-order valence-electron chi connectivity index (χ4n) is 2.44. The predicted octanol–water partition coefficient (Wildman–Crippen LogP) is 0.0973. The van der Waals surface area contributed by atoms with E-state index >= 15 is 0 Å². The molecule has 4 unspecified atom stereocenters. The number of hydrogen-bond acceptors (Lipinski definition) is 3. The molecule has 0 aromatic carbocycles. The van der Waals surface area contributed by atoms with Crippen LogP contribution in [0.5, 0.6) is 0 Å². The molecule has 3 aliphatic rings. The first-order valence-electron chi connectivity index (χ1n) is 4.45. The van der Waals surface area contributed by atoms with E-state index in [-0.39, 0.29) is 11.7 Å². The molecule has 0 aromatic rings. The van der Waals surface area contributed by atoms with Gasteiger partial charge in [-0.2, -0.15) is 0 Å². The molecule has 3 saturated carbocycles. The minimum Gasteiger partial charge on any atom is -0.390 e. The second-order valence-electron chi connectivity index (χ2n) is 4.28. The molecule has 3 aliphatic carbocycles. The van der Waals surface area contributed by atoms with Crippen LogP contribution < -0.4 is 0 Å². The number of carbonyl (C=O) groups is 1. The number of aliphatic hydroxyl groups is 2. The van der Waals surface area contributed by atoms with Crippen molar-refractivity contribution in [1.82, 2.24) is 0 Å². The molecule has 0 heterocycles. The van der Waals surface area contributed by atoms with Crippen LogP contribution in [-0.4, -0.2) is 28.2 Å². The summed E-state index contributed by atoms with van der Waals surface area (Å²) in [6, 6.07) is 0. The molecule has 0 saturated heterocycles. The lowest BCUT2D eigenvalue weighted by Gasteiger charge is -2.49. The maximum absolute atomic E-state index is 11.5. The molecule has 3 fully saturated rings. The van der Waals surface area contributed by atoms with Gasteiger partial charge in [-0.05, 0) is 18.8 Å². The lowest BCUT2D eigenvalue weighted by molar-refractivity contribution is -0.172. The summed E-state index contributed by atoms with van der Waals surface area (Å²) in [7, 11) is 0. The summed E-state index contributed by atoms with van der Waals surface area (Å²) in [4.78, 5) is 11.5. The highest BCUT2D eigenvalue weighted by Gasteiger charge is 2.54. The van der Waals surface area contributed by atoms with Gasteiger partial charge in [-0.15, -0.1) is 0 Å². The van der Waals surface area contributed by atoms with Crippen LogP contribution in [0.3, 0.4) is 0 Å². The van der Waals surface area contributed by atoms with Crippen LogP contribution in [0.25, 0.3) is 0 Å². The maximum atomic E-state index is 11.5. The highest BCUT2D eigenvalue weighted by Crippen LogP contribution is 2.47. The van der Waals surface area contributed by atoms with E-state index < -0.39 is 17.6 Å². The Labute approximate surface area is 71.4 Å². The van der Waals surface area contributed by atoms with Gasteiger partial charge < -0.3 is 10.2 Å². The molecule has 3 rings (SSSR count). The Morgan fingerprint density at radius 3 is 2.67 bits per heavy atom. The zero-order valence-corrected chi connectivity index (χ0v) is 7.16. The van der Waals surface area contributed by atoms with Crippen molar-refractivity contribution >= 4 is 5.78 Å². The van der Waals surface area contributed by atoms with Gasteiger partial charge in [-0.1, -0.05) is 6.92 Å². The fraction of sp³-hybridized carbons (Fsp3) is 0.889. The highest BCUT2D eigenvalue weighted by molar-refractivity contribution is 5.87. The number of fused-ring (bicyclic) bond motifs is 3. The van der Waals surface area contributed by atoms with Crippen LogP contribution in [0.15, 0.2) is 0 Å². The van der Waals surface area contributed by atoms with Gasteiger partial charge >= 0.3 is 0 Å². The minimum absolute atomic E-state index is 0.00863. The summed E-state index contributed by atoms with van der Waals surface area (Å²) < 4.78 is 0. The Morgan fingerprint density at radius 1 is 1.50 bits per heavy atom. The molecule has 0 amide bonds. The molecule has 4 atom stereocenters. The van der Waals surface area contributed by atoms with Crippen molar-refractivity contribution in [3.05, 3.63) is 0 Å². The van der Waals surface area contributed by atoms with Crippen LogP contribution >= 0.6 is 0 Å². The van der Waals surface area contributed by atoms with E-state index in [0.29, 0.717) is 6.42 Å². The summed E-state index contributed by atoms with van der Waals surface area (Å²) in [5.74, 6) is 0.130. The first-order chi connectivity index (χ1) is 5.55. The van der Waals surface area contributed by atoms with Gasteiger partial charge in [0.2, 0.25) is 0 Å². The van der Waals surface area contributed by atoms with Gasteiger partial charge in [-0.3, -0.25) is 4.79 Å². The van der Waals surface area contributed by atoms with Crippen molar-refractivity contribution in [2.75, 3.05) is 0 Å². The average molecular weight is 170 g/mol. The standard InChI is InChI=1S/C9H14O3/c1-9-3-2-5(4-6(9)10)7(11)8(9)12/h5,7-8,11-12H,2-4H2,1H3. The summed E-state index contributed by atoms with van der Waals surface area (Å²) in [5.41, 5.74) is -0.659. The highest BCUT2D eigenvalue weighted by atomic mass is 16.3. The van der Waals surface area contributed by atoms with Gasteiger partial charge in [-0.25, -0.2) is 0 Å². The molecule has 12 heavy (non-hydrogen) atoms. The normalized spacial score (nSPS) is 52.9. The summed E-state index contributed by atoms with van der Waals surface area (Å²) >= 11 is 0. The Hall–Kier alpha value is -0.410. The topological polar surface area (TPSA) is 57.5 Å². The van der Waals surface area contributed by atoms with E-state index in [1.807, 2.05) is 0 Å². The first kappa shape index (κ1) is 8.20. The molecule has 3 heteroatoms. The minimum atomic E-state index is -0.836. The van der Waals surface area contributed by atoms with Crippen LogP contribution in [0.4, 0.5) is 0 Å². The number of aliphatic hydroxyl groups excluding tert-OH is 2. The van der Waals surface area contributed by atoms with Crippen LogP contribution in [0, 0.1) is 11.3 Å². The fourth-order valence-corrected chi connectivity index (χ4v) is 2.44. The average Bonchev–Trinajstić information content (AvgIpc) is 2.04. The van der Waals surface area contributed by atoms with Crippen molar-refractivity contribution in [1.29, 1.82) is 0 Å². The summed E-state index contributed by atoms with van der Waals surface area (Å²) in [6.45, 7) is 1.76. The van der Waals surface area contributed by atoms with E-state index in [4.69, 9.17) is 0 Å². The lowest BCUT2D eigenvalue weighted by Crippen LogP contribution is -2.58. The first-order valence-corrected chi connectivity index (χ1v) is 4.45. The zero-order valence-electron chi connectivity index (χ0n) is 7.16. The smallest absolute Gasteiger partial charge is 0.141 e. The number of hydrogen-bond donors (Lipinski definition) is 2. The monoisotopic (exact) mass is 170 g/mol. The molecular formula is C9H14O3. The maximum Gasteiger partial charge on any atom is 0.141 e. The van der Waals surface area contributed by atoms with Gasteiger partial charge in [0.05, 0.1) is 17.6 Å². The van der Waals surface area contributed by atoms with Gasteiger partial charge in [0, 0.05) is 6.42 Å². The van der Waals surface area contributed by atoms with E-state index in [0.717, 1.165) is 12.8 Å². The van der Waals surface area contributed by atoms with Crippen molar-refractivity contribution < 1.29 is 15.0 Å². The van der Waals surface area contributed by atoms with E-state index in [1.165, 1.54) is 0 Å². The van der Waals surface area contributed by atoms with E-state index in [2.05, 4.69) is 0 Å². The van der Waals surface area contributed by atoms with Gasteiger partial charge in [0.1, 0.15) is 5.78 Å². The van der Waals surface area contributed by atoms with Crippen molar-refractivity contribution in [3.63, 3.8) is 0 Å². The molecule has 0 radical (unpaired) electrons. The largest absolute Gasteiger partial charge is 0.390 e. The molecule has 0 spiro atoms. The number of ketones is 1. The second-order valence-corrected chi connectivity index (χ2v) is 4.28.